The summed E-state index contributed by atoms with van der Waals surface area (Å²) in [6, 6.07) is 4.89. The second-order valence-corrected chi connectivity index (χ2v) is 6.11. The fraction of sp³-hybridized carbons (Fsp3) is 0.158. The second kappa shape index (κ2) is 10.3. The second-order valence-electron chi connectivity index (χ2n) is 5.71. The van der Waals surface area contributed by atoms with Crippen molar-refractivity contribution in [1.82, 2.24) is 10.1 Å². The Bertz CT molecular complexity index is 984. The molecule has 1 heterocycles. The zero-order chi connectivity index (χ0) is 21.4. The highest BCUT2D eigenvalue weighted by atomic mass is 35.5. The van der Waals surface area contributed by atoms with Gasteiger partial charge >= 0.3 is 5.97 Å². The molecule has 0 radical (unpaired) electrons. The first-order valence-electron chi connectivity index (χ1n) is 8.39. The van der Waals surface area contributed by atoms with Gasteiger partial charge in [0.25, 0.3) is 0 Å². The van der Waals surface area contributed by atoms with Gasteiger partial charge in [-0.25, -0.2) is 9.18 Å². The molecule has 1 amide bonds. The predicted octanol–water partition coefficient (Wildman–Crippen LogP) is 3.29. The third-order valence-corrected chi connectivity index (χ3v) is 4.00. The number of anilines is 1. The SMILES string of the molecule is C\C=C(Cl)/C(F)=C\C=C\c1noc(CC(N)C(=O)Nc2ccccc2C(=O)O)n1. The van der Waals surface area contributed by atoms with Crippen LogP contribution in [-0.2, 0) is 11.2 Å². The summed E-state index contributed by atoms with van der Waals surface area (Å²) >= 11 is 5.62. The number of amides is 1. The number of benzene rings is 1. The molecule has 1 aromatic carbocycles. The summed E-state index contributed by atoms with van der Waals surface area (Å²) in [6.45, 7) is 1.60. The first kappa shape index (κ1) is 22.0. The molecule has 1 unspecified atom stereocenters. The van der Waals surface area contributed by atoms with Crippen LogP contribution in [0.25, 0.3) is 6.08 Å². The highest BCUT2D eigenvalue weighted by molar-refractivity contribution is 6.31. The number of hydrogen-bond acceptors (Lipinski definition) is 6. The lowest BCUT2D eigenvalue weighted by atomic mass is 10.1. The number of carbonyl (C=O) groups excluding carboxylic acids is 1. The first-order valence-corrected chi connectivity index (χ1v) is 8.77. The van der Waals surface area contributed by atoms with Crippen LogP contribution in [0.3, 0.4) is 0 Å². The van der Waals surface area contributed by atoms with E-state index in [1.807, 2.05) is 0 Å². The average molecular weight is 421 g/mol. The standard InChI is InChI=1S/C19H18ClFN4O4/c1-2-12(20)13(21)7-5-9-16-24-17(29-25-16)10-14(22)18(26)23-15-8-4-3-6-11(15)19(27)28/h2-9,14H,10,22H2,1H3,(H,23,26)(H,27,28)/b9-5+,12-2+,13-7+. The summed E-state index contributed by atoms with van der Waals surface area (Å²) in [7, 11) is 0. The van der Waals surface area contributed by atoms with Crippen molar-refractivity contribution in [1.29, 1.82) is 0 Å². The van der Waals surface area contributed by atoms with E-state index in [2.05, 4.69) is 15.5 Å². The monoisotopic (exact) mass is 420 g/mol. The van der Waals surface area contributed by atoms with Crippen molar-refractivity contribution in [3.63, 3.8) is 0 Å². The van der Waals surface area contributed by atoms with E-state index in [0.29, 0.717) is 0 Å². The molecule has 0 saturated carbocycles. The van der Waals surface area contributed by atoms with Crippen LogP contribution in [0.15, 0.2) is 57.9 Å². The molecule has 0 saturated heterocycles. The maximum Gasteiger partial charge on any atom is 0.337 e. The van der Waals surface area contributed by atoms with Crippen LogP contribution in [0.2, 0.25) is 0 Å². The van der Waals surface area contributed by atoms with Crippen LogP contribution in [0.5, 0.6) is 0 Å². The number of nitrogens with one attached hydrogen (secondary N) is 1. The van der Waals surface area contributed by atoms with Crippen molar-refractivity contribution in [2.24, 2.45) is 5.73 Å². The van der Waals surface area contributed by atoms with E-state index in [4.69, 9.17) is 27.0 Å². The third kappa shape index (κ3) is 6.37. The third-order valence-electron chi connectivity index (χ3n) is 3.60. The molecule has 152 valence electrons. The van der Waals surface area contributed by atoms with Crippen LogP contribution >= 0.6 is 11.6 Å². The molecule has 29 heavy (non-hydrogen) atoms. The Kier molecular flexibility index (Phi) is 7.81. The zero-order valence-electron chi connectivity index (χ0n) is 15.3. The molecule has 2 rings (SSSR count). The number of aromatic carboxylic acids is 1. The highest BCUT2D eigenvalue weighted by Crippen LogP contribution is 2.16. The van der Waals surface area contributed by atoms with Crippen molar-refractivity contribution in [3.8, 4) is 0 Å². The number of nitrogens with two attached hydrogens (primary N) is 1. The number of para-hydroxylation sites is 1. The Hall–Kier alpha value is -3.30. The number of nitrogens with zero attached hydrogens (tertiary/aromatic N) is 2. The quantitative estimate of drug-likeness (QED) is 0.558. The van der Waals surface area contributed by atoms with Gasteiger partial charge in [0, 0.05) is 0 Å². The van der Waals surface area contributed by atoms with Crippen LogP contribution in [0.4, 0.5) is 10.1 Å². The van der Waals surface area contributed by atoms with E-state index in [0.717, 1.165) is 6.08 Å². The molecule has 10 heteroatoms. The Morgan fingerprint density at radius 3 is 2.83 bits per heavy atom. The fourth-order valence-electron chi connectivity index (χ4n) is 2.14. The molecule has 0 bridgehead atoms. The molecule has 1 atom stereocenters. The Morgan fingerprint density at radius 2 is 2.14 bits per heavy atom. The van der Waals surface area contributed by atoms with Gasteiger partial charge < -0.3 is 20.7 Å². The van der Waals surface area contributed by atoms with Gasteiger partial charge in [-0.3, -0.25) is 4.79 Å². The van der Waals surface area contributed by atoms with Crippen LogP contribution in [-0.4, -0.2) is 33.2 Å². The first-order chi connectivity index (χ1) is 13.8. The van der Waals surface area contributed by atoms with Crippen LogP contribution in [0, 0.1) is 0 Å². The lowest BCUT2D eigenvalue weighted by molar-refractivity contribution is -0.117. The lowest BCUT2D eigenvalue weighted by Gasteiger charge is -2.12. The number of carboxylic acid groups (broad SMARTS) is 1. The van der Waals surface area contributed by atoms with Crippen molar-refractivity contribution in [2.75, 3.05) is 5.32 Å². The maximum absolute atomic E-state index is 13.5. The summed E-state index contributed by atoms with van der Waals surface area (Å²) in [5, 5.41) is 15.3. The van der Waals surface area contributed by atoms with Crippen molar-refractivity contribution in [3.05, 3.63) is 70.6 Å². The number of halogens is 2. The van der Waals surface area contributed by atoms with Gasteiger partial charge in [0.15, 0.2) is 5.82 Å². The van der Waals surface area contributed by atoms with Gasteiger partial charge in [0.05, 0.1) is 28.7 Å². The number of carboxylic acids is 1. The molecule has 0 spiro atoms. The molecule has 0 aliphatic heterocycles. The molecule has 0 aliphatic rings. The smallest absolute Gasteiger partial charge is 0.337 e. The fourth-order valence-corrected chi connectivity index (χ4v) is 2.20. The molecular weight excluding hydrogens is 403 g/mol. The maximum atomic E-state index is 13.5. The molecule has 4 N–H and O–H groups in total. The Morgan fingerprint density at radius 1 is 1.41 bits per heavy atom. The number of carbonyl (C=O) groups is 2. The van der Waals surface area contributed by atoms with Gasteiger partial charge in [0.2, 0.25) is 11.8 Å². The summed E-state index contributed by atoms with van der Waals surface area (Å²) in [5.74, 6) is -2.15. The summed E-state index contributed by atoms with van der Waals surface area (Å²) in [5.41, 5.74) is 5.90. The van der Waals surface area contributed by atoms with E-state index in [-0.39, 0.29) is 34.4 Å². The largest absolute Gasteiger partial charge is 0.478 e. The molecule has 0 aliphatic carbocycles. The molecular formula is C19H18ClFN4O4. The number of hydrogen-bond donors (Lipinski definition) is 3. The predicted molar refractivity (Wildman–Crippen MR) is 106 cm³/mol. The number of aromatic nitrogens is 2. The van der Waals surface area contributed by atoms with Crippen LogP contribution in [0.1, 0.15) is 29.0 Å². The minimum Gasteiger partial charge on any atom is -0.478 e. The van der Waals surface area contributed by atoms with Crippen LogP contribution < -0.4 is 11.1 Å². The van der Waals surface area contributed by atoms with Gasteiger partial charge in [-0.05, 0) is 31.2 Å². The normalized spacial score (nSPS) is 13.5. The van der Waals surface area contributed by atoms with Crippen molar-refractivity contribution in [2.45, 2.75) is 19.4 Å². The van der Waals surface area contributed by atoms with E-state index in [1.165, 1.54) is 30.4 Å². The minimum absolute atomic E-state index is 0.0232. The van der Waals surface area contributed by atoms with Gasteiger partial charge in [-0.1, -0.05) is 41.0 Å². The number of rotatable bonds is 8. The minimum atomic E-state index is -1.18. The molecule has 2 aromatic rings. The topological polar surface area (TPSA) is 131 Å². The molecule has 8 nitrogen and oxygen atoms in total. The van der Waals surface area contributed by atoms with Gasteiger partial charge in [-0.2, -0.15) is 4.98 Å². The van der Waals surface area contributed by atoms with E-state index >= 15 is 0 Å². The Labute approximate surface area is 170 Å². The highest BCUT2D eigenvalue weighted by Gasteiger charge is 2.20. The number of allylic oxidation sites excluding steroid dienone is 5. The summed E-state index contributed by atoms with van der Waals surface area (Å²) < 4.78 is 18.5. The van der Waals surface area contributed by atoms with Crippen molar-refractivity contribution < 1.29 is 23.6 Å². The molecule has 1 aromatic heterocycles. The summed E-state index contributed by atoms with van der Waals surface area (Å²) in [6.07, 6.45) is 5.22. The summed E-state index contributed by atoms with van der Waals surface area (Å²) in [4.78, 5) is 27.5. The molecule has 0 fully saturated rings. The van der Waals surface area contributed by atoms with Gasteiger partial charge in [0.1, 0.15) is 5.83 Å². The van der Waals surface area contributed by atoms with E-state index in [1.54, 1.807) is 19.1 Å². The van der Waals surface area contributed by atoms with Gasteiger partial charge in [-0.15, -0.1) is 0 Å². The van der Waals surface area contributed by atoms with Crippen molar-refractivity contribution >= 4 is 35.2 Å². The average Bonchev–Trinajstić information content (AvgIpc) is 3.14. The van der Waals surface area contributed by atoms with E-state index < -0.39 is 23.7 Å². The lowest BCUT2D eigenvalue weighted by Crippen LogP contribution is -2.37. The van der Waals surface area contributed by atoms with E-state index in [9.17, 15) is 14.0 Å². The zero-order valence-corrected chi connectivity index (χ0v) is 16.1. The Balaban J connectivity index is 1.99.